The van der Waals surface area contributed by atoms with Crippen molar-refractivity contribution in [3.8, 4) is 0 Å². The van der Waals surface area contributed by atoms with Crippen LogP contribution in [0.3, 0.4) is 0 Å². The molecule has 0 fully saturated rings. The lowest BCUT2D eigenvalue weighted by Crippen LogP contribution is -2.28. The lowest BCUT2D eigenvalue weighted by molar-refractivity contribution is 0.251. The number of benzene rings is 1. The van der Waals surface area contributed by atoms with Crippen molar-refractivity contribution in [2.24, 2.45) is 0 Å². The fourth-order valence-electron chi connectivity index (χ4n) is 2.05. The maximum Gasteiger partial charge on any atom is 0.319 e. The lowest BCUT2D eigenvalue weighted by Gasteiger charge is -2.13. The molecule has 1 heterocycles. The monoisotopic (exact) mass is 298 g/mol. The Kier molecular flexibility index (Phi) is 4.99. The van der Waals surface area contributed by atoms with Crippen LogP contribution >= 0.6 is 0 Å². The van der Waals surface area contributed by atoms with Gasteiger partial charge in [0.1, 0.15) is 5.82 Å². The van der Waals surface area contributed by atoms with Crippen LogP contribution in [0.1, 0.15) is 16.7 Å². The Morgan fingerprint density at radius 2 is 2.00 bits per heavy atom. The van der Waals surface area contributed by atoms with Crippen molar-refractivity contribution in [1.29, 1.82) is 0 Å². The number of carbonyl (C=O) groups excluding carboxylic acids is 1. The molecule has 2 N–H and O–H groups in total. The lowest BCUT2D eigenvalue weighted by atomic mass is 10.1. The molecule has 0 aliphatic heterocycles. The van der Waals surface area contributed by atoms with Crippen molar-refractivity contribution < 1.29 is 4.79 Å². The van der Waals surface area contributed by atoms with Gasteiger partial charge in [0.25, 0.3) is 0 Å². The first-order valence-corrected chi connectivity index (χ1v) is 7.20. The molecule has 0 bridgehead atoms. The highest BCUT2D eigenvalue weighted by molar-refractivity contribution is 5.90. The standard InChI is InChI=1S/C17H22N4O/c1-12-6-5-7-15(13(12)2)20-17(22)19-11-14-8-9-18-16(10-14)21(3)4/h5-10H,11H2,1-4H3,(H2,19,20,22). The predicted molar refractivity (Wildman–Crippen MR) is 90.3 cm³/mol. The van der Waals surface area contributed by atoms with Crippen LogP contribution in [0.2, 0.25) is 0 Å². The number of aromatic nitrogens is 1. The van der Waals surface area contributed by atoms with Gasteiger partial charge < -0.3 is 15.5 Å². The number of anilines is 2. The van der Waals surface area contributed by atoms with E-state index >= 15 is 0 Å². The molecule has 0 atom stereocenters. The smallest absolute Gasteiger partial charge is 0.319 e. The van der Waals surface area contributed by atoms with Gasteiger partial charge in [0, 0.05) is 32.5 Å². The van der Waals surface area contributed by atoms with E-state index in [2.05, 4.69) is 15.6 Å². The van der Waals surface area contributed by atoms with Crippen molar-refractivity contribution in [1.82, 2.24) is 10.3 Å². The molecule has 2 aromatic rings. The third-order valence-electron chi connectivity index (χ3n) is 3.57. The van der Waals surface area contributed by atoms with E-state index in [1.165, 1.54) is 0 Å². The van der Waals surface area contributed by atoms with E-state index in [1.54, 1.807) is 6.20 Å². The van der Waals surface area contributed by atoms with Crippen LogP contribution in [-0.2, 0) is 6.54 Å². The molecule has 2 amide bonds. The minimum absolute atomic E-state index is 0.211. The van der Waals surface area contributed by atoms with E-state index in [-0.39, 0.29) is 6.03 Å². The van der Waals surface area contributed by atoms with E-state index in [0.29, 0.717) is 6.54 Å². The van der Waals surface area contributed by atoms with Crippen LogP contribution in [0.4, 0.5) is 16.3 Å². The molecular formula is C17H22N4O. The van der Waals surface area contributed by atoms with Gasteiger partial charge in [-0.1, -0.05) is 12.1 Å². The van der Waals surface area contributed by atoms with Gasteiger partial charge in [-0.2, -0.15) is 0 Å². The molecule has 116 valence electrons. The van der Waals surface area contributed by atoms with E-state index in [0.717, 1.165) is 28.2 Å². The summed E-state index contributed by atoms with van der Waals surface area (Å²) in [5.74, 6) is 0.870. The minimum Gasteiger partial charge on any atom is -0.363 e. The summed E-state index contributed by atoms with van der Waals surface area (Å²) in [4.78, 5) is 18.2. The number of amides is 2. The summed E-state index contributed by atoms with van der Waals surface area (Å²) in [5, 5.41) is 5.75. The fourth-order valence-corrected chi connectivity index (χ4v) is 2.05. The highest BCUT2D eigenvalue weighted by Gasteiger charge is 2.06. The van der Waals surface area contributed by atoms with Gasteiger partial charge in [-0.25, -0.2) is 9.78 Å². The number of urea groups is 1. The molecular weight excluding hydrogens is 276 g/mol. The number of rotatable bonds is 4. The zero-order chi connectivity index (χ0) is 16.1. The summed E-state index contributed by atoms with van der Waals surface area (Å²) in [7, 11) is 3.87. The first kappa shape index (κ1) is 15.8. The minimum atomic E-state index is -0.211. The van der Waals surface area contributed by atoms with Gasteiger partial charge in [0.2, 0.25) is 0 Å². The maximum atomic E-state index is 12.0. The Hall–Kier alpha value is -2.56. The molecule has 5 nitrogen and oxygen atoms in total. The number of nitrogens with zero attached hydrogens (tertiary/aromatic N) is 2. The summed E-state index contributed by atoms with van der Waals surface area (Å²) in [6.07, 6.45) is 1.74. The van der Waals surface area contributed by atoms with Crippen LogP contribution in [0.25, 0.3) is 0 Å². The zero-order valence-corrected chi connectivity index (χ0v) is 13.5. The number of aryl methyl sites for hydroxylation is 1. The number of hydrogen-bond donors (Lipinski definition) is 2. The Bertz CT molecular complexity index is 667. The Morgan fingerprint density at radius 1 is 1.23 bits per heavy atom. The van der Waals surface area contributed by atoms with E-state index < -0.39 is 0 Å². The molecule has 1 aromatic carbocycles. The van der Waals surface area contributed by atoms with Crippen molar-refractivity contribution in [3.05, 3.63) is 53.2 Å². The van der Waals surface area contributed by atoms with E-state index in [1.807, 2.05) is 63.2 Å². The van der Waals surface area contributed by atoms with E-state index in [4.69, 9.17) is 0 Å². The zero-order valence-electron chi connectivity index (χ0n) is 13.5. The molecule has 0 spiro atoms. The van der Waals surface area contributed by atoms with Crippen molar-refractivity contribution >= 4 is 17.5 Å². The average molecular weight is 298 g/mol. The Labute approximate surface area is 131 Å². The van der Waals surface area contributed by atoms with Gasteiger partial charge in [-0.05, 0) is 48.7 Å². The highest BCUT2D eigenvalue weighted by Crippen LogP contribution is 2.17. The second-order valence-corrected chi connectivity index (χ2v) is 5.47. The van der Waals surface area contributed by atoms with Crippen LogP contribution in [0.15, 0.2) is 36.5 Å². The average Bonchev–Trinajstić information content (AvgIpc) is 2.50. The highest BCUT2D eigenvalue weighted by atomic mass is 16.2. The van der Waals surface area contributed by atoms with Crippen LogP contribution in [-0.4, -0.2) is 25.1 Å². The normalized spacial score (nSPS) is 10.2. The van der Waals surface area contributed by atoms with Gasteiger partial charge in [0.05, 0.1) is 0 Å². The van der Waals surface area contributed by atoms with Gasteiger partial charge in [-0.3, -0.25) is 0 Å². The SMILES string of the molecule is Cc1cccc(NC(=O)NCc2ccnc(N(C)C)c2)c1C. The molecule has 2 rings (SSSR count). The molecule has 5 heteroatoms. The molecule has 0 saturated heterocycles. The van der Waals surface area contributed by atoms with Gasteiger partial charge in [-0.15, -0.1) is 0 Å². The summed E-state index contributed by atoms with van der Waals surface area (Å²) < 4.78 is 0. The molecule has 0 saturated carbocycles. The maximum absolute atomic E-state index is 12.0. The second kappa shape index (κ2) is 6.93. The summed E-state index contributed by atoms with van der Waals surface area (Å²) >= 11 is 0. The number of nitrogens with one attached hydrogen (secondary N) is 2. The first-order valence-electron chi connectivity index (χ1n) is 7.20. The third-order valence-corrected chi connectivity index (χ3v) is 3.57. The van der Waals surface area contributed by atoms with Crippen LogP contribution in [0.5, 0.6) is 0 Å². The summed E-state index contributed by atoms with van der Waals surface area (Å²) in [6.45, 7) is 4.48. The number of carbonyl (C=O) groups is 1. The first-order chi connectivity index (χ1) is 10.5. The quantitative estimate of drug-likeness (QED) is 0.912. The summed E-state index contributed by atoms with van der Waals surface area (Å²) in [5.41, 5.74) is 4.08. The van der Waals surface area contributed by atoms with Crippen molar-refractivity contribution in [3.63, 3.8) is 0 Å². The van der Waals surface area contributed by atoms with Crippen LogP contribution < -0.4 is 15.5 Å². The second-order valence-electron chi connectivity index (χ2n) is 5.47. The van der Waals surface area contributed by atoms with Gasteiger partial charge in [0.15, 0.2) is 0 Å². The molecule has 0 aliphatic carbocycles. The fraction of sp³-hybridized carbons (Fsp3) is 0.294. The Balaban J connectivity index is 1.96. The topological polar surface area (TPSA) is 57.3 Å². The number of pyridine rings is 1. The largest absolute Gasteiger partial charge is 0.363 e. The summed E-state index contributed by atoms with van der Waals surface area (Å²) in [6, 6.07) is 9.50. The van der Waals surface area contributed by atoms with Crippen molar-refractivity contribution in [2.75, 3.05) is 24.3 Å². The Morgan fingerprint density at radius 3 is 2.73 bits per heavy atom. The predicted octanol–water partition coefficient (Wildman–Crippen LogP) is 3.09. The molecule has 0 radical (unpaired) electrons. The molecule has 0 unspecified atom stereocenters. The van der Waals surface area contributed by atoms with Crippen molar-refractivity contribution in [2.45, 2.75) is 20.4 Å². The molecule has 0 aliphatic rings. The molecule has 22 heavy (non-hydrogen) atoms. The third kappa shape index (κ3) is 3.97. The van der Waals surface area contributed by atoms with Crippen LogP contribution in [0, 0.1) is 13.8 Å². The molecule has 1 aromatic heterocycles. The van der Waals surface area contributed by atoms with E-state index in [9.17, 15) is 4.79 Å². The van der Waals surface area contributed by atoms with Gasteiger partial charge >= 0.3 is 6.03 Å². The number of hydrogen-bond acceptors (Lipinski definition) is 3.